The predicted octanol–water partition coefficient (Wildman–Crippen LogP) is 3.38. The summed E-state index contributed by atoms with van der Waals surface area (Å²) in [4.78, 5) is 10.2. The fourth-order valence-corrected chi connectivity index (χ4v) is 4.22. The van der Waals surface area contributed by atoms with E-state index in [1.807, 2.05) is 6.07 Å². The number of nitro groups is 1. The highest BCUT2D eigenvalue weighted by molar-refractivity contribution is 7.89. The third-order valence-electron chi connectivity index (χ3n) is 3.97. The zero-order valence-electron chi connectivity index (χ0n) is 14.2. The second-order valence-electron chi connectivity index (χ2n) is 5.41. The average Bonchev–Trinajstić information content (AvgIpc) is 2.62. The molecule has 0 N–H and O–H groups in total. The Kier molecular flexibility index (Phi) is 5.76. The Bertz CT molecular complexity index is 850. The summed E-state index contributed by atoms with van der Waals surface area (Å²) in [6, 6.07) is 11.7. The Morgan fingerprint density at radius 2 is 1.84 bits per heavy atom. The van der Waals surface area contributed by atoms with E-state index in [2.05, 4.69) is 0 Å². The first-order valence-corrected chi connectivity index (χ1v) is 9.15. The number of ether oxygens (including phenoxy) is 1. The molecule has 0 saturated heterocycles. The average molecular weight is 364 g/mol. The molecule has 0 aliphatic carbocycles. The molecule has 0 bridgehead atoms. The SMILES string of the molecule is CCN(C(C)c1cccc(OC)c1)S(=O)(=O)c1ccc([N+](=O)[O-])cc1. The van der Waals surface area contributed by atoms with Gasteiger partial charge < -0.3 is 4.74 Å². The zero-order valence-corrected chi connectivity index (χ0v) is 15.1. The summed E-state index contributed by atoms with van der Waals surface area (Å²) in [7, 11) is -2.24. The number of hydrogen-bond donors (Lipinski definition) is 0. The van der Waals surface area contributed by atoms with Crippen LogP contribution < -0.4 is 4.74 Å². The van der Waals surface area contributed by atoms with Gasteiger partial charge in [-0.05, 0) is 36.8 Å². The fourth-order valence-electron chi connectivity index (χ4n) is 2.59. The van der Waals surface area contributed by atoms with Crippen LogP contribution in [-0.4, -0.2) is 31.3 Å². The van der Waals surface area contributed by atoms with Crippen LogP contribution in [0.2, 0.25) is 0 Å². The first-order chi connectivity index (χ1) is 11.8. The minimum Gasteiger partial charge on any atom is -0.497 e. The van der Waals surface area contributed by atoms with Crippen molar-refractivity contribution in [1.29, 1.82) is 0 Å². The van der Waals surface area contributed by atoms with Crippen molar-refractivity contribution >= 4 is 15.7 Å². The number of nitrogens with zero attached hydrogens (tertiary/aromatic N) is 2. The number of benzene rings is 2. The Morgan fingerprint density at radius 3 is 2.36 bits per heavy atom. The standard InChI is InChI=1S/C17H20N2O5S/c1-4-18(13(2)14-6-5-7-16(12-14)24-3)25(22,23)17-10-8-15(9-11-17)19(20)21/h5-13H,4H2,1-3H3. The van der Waals surface area contributed by atoms with Crippen molar-refractivity contribution in [3.05, 3.63) is 64.2 Å². The summed E-state index contributed by atoms with van der Waals surface area (Å²) in [5.74, 6) is 0.646. The van der Waals surface area contributed by atoms with E-state index < -0.39 is 21.0 Å². The minimum atomic E-state index is -3.79. The topological polar surface area (TPSA) is 89.8 Å². The quantitative estimate of drug-likeness (QED) is 0.555. The van der Waals surface area contributed by atoms with E-state index in [1.165, 1.54) is 28.6 Å². The highest BCUT2D eigenvalue weighted by Crippen LogP contribution is 2.29. The highest BCUT2D eigenvalue weighted by Gasteiger charge is 2.29. The van der Waals surface area contributed by atoms with E-state index in [0.29, 0.717) is 5.75 Å². The Labute approximate surface area is 147 Å². The summed E-state index contributed by atoms with van der Waals surface area (Å²) in [6.07, 6.45) is 0. The third kappa shape index (κ3) is 3.97. The number of rotatable bonds is 7. The number of methoxy groups -OCH3 is 1. The van der Waals surface area contributed by atoms with Gasteiger partial charge in [0.05, 0.1) is 16.9 Å². The van der Waals surface area contributed by atoms with Crippen molar-refractivity contribution in [2.75, 3.05) is 13.7 Å². The van der Waals surface area contributed by atoms with Gasteiger partial charge in [0.25, 0.3) is 5.69 Å². The molecule has 134 valence electrons. The summed E-state index contributed by atoms with van der Waals surface area (Å²) < 4.78 is 32.4. The predicted molar refractivity (Wildman–Crippen MR) is 94.1 cm³/mol. The first-order valence-electron chi connectivity index (χ1n) is 7.71. The van der Waals surface area contributed by atoms with Gasteiger partial charge in [-0.25, -0.2) is 8.42 Å². The molecule has 0 spiro atoms. The maximum atomic E-state index is 12.9. The smallest absolute Gasteiger partial charge is 0.269 e. The van der Waals surface area contributed by atoms with E-state index in [0.717, 1.165) is 5.56 Å². The van der Waals surface area contributed by atoms with Gasteiger partial charge in [-0.1, -0.05) is 19.1 Å². The van der Waals surface area contributed by atoms with Crippen molar-refractivity contribution in [2.24, 2.45) is 0 Å². The van der Waals surface area contributed by atoms with E-state index in [1.54, 1.807) is 39.2 Å². The molecular formula is C17H20N2O5S. The van der Waals surface area contributed by atoms with Crippen LogP contribution in [0.25, 0.3) is 0 Å². The molecule has 0 heterocycles. The molecule has 0 amide bonds. The first kappa shape index (κ1) is 18.9. The number of nitro benzene ring substituents is 1. The maximum absolute atomic E-state index is 12.9. The van der Waals surface area contributed by atoms with E-state index >= 15 is 0 Å². The van der Waals surface area contributed by atoms with Crippen LogP contribution >= 0.6 is 0 Å². The van der Waals surface area contributed by atoms with Crippen LogP contribution in [0.4, 0.5) is 5.69 Å². The third-order valence-corrected chi connectivity index (χ3v) is 6.03. The van der Waals surface area contributed by atoms with Gasteiger partial charge in [-0.3, -0.25) is 10.1 Å². The van der Waals surface area contributed by atoms with Gasteiger partial charge in [0.2, 0.25) is 10.0 Å². The second kappa shape index (κ2) is 7.62. The minimum absolute atomic E-state index is 0.0229. The van der Waals surface area contributed by atoms with Crippen molar-refractivity contribution in [3.63, 3.8) is 0 Å². The summed E-state index contributed by atoms with van der Waals surface area (Å²) in [5, 5.41) is 10.7. The van der Waals surface area contributed by atoms with Crippen LogP contribution in [0.3, 0.4) is 0 Å². The molecule has 0 radical (unpaired) electrons. The molecule has 1 unspecified atom stereocenters. The molecule has 7 nitrogen and oxygen atoms in total. The Balaban J connectivity index is 2.38. The van der Waals surface area contributed by atoms with Crippen LogP contribution in [0.15, 0.2) is 53.4 Å². The zero-order chi connectivity index (χ0) is 18.6. The highest BCUT2D eigenvalue weighted by atomic mass is 32.2. The van der Waals surface area contributed by atoms with Crippen LogP contribution in [0.5, 0.6) is 5.75 Å². The van der Waals surface area contributed by atoms with Crippen LogP contribution in [0.1, 0.15) is 25.5 Å². The van der Waals surface area contributed by atoms with E-state index in [9.17, 15) is 18.5 Å². The molecule has 0 saturated carbocycles. The van der Waals surface area contributed by atoms with Crippen molar-refractivity contribution in [3.8, 4) is 5.75 Å². The van der Waals surface area contributed by atoms with Gasteiger partial charge >= 0.3 is 0 Å². The van der Waals surface area contributed by atoms with Gasteiger partial charge in [0.1, 0.15) is 5.75 Å². The molecule has 0 fully saturated rings. The lowest BCUT2D eigenvalue weighted by Gasteiger charge is -2.27. The Morgan fingerprint density at radius 1 is 1.20 bits per heavy atom. The molecular weight excluding hydrogens is 344 g/mol. The molecule has 0 aliphatic rings. The van der Waals surface area contributed by atoms with E-state index in [4.69, 9.17) is 4.74 Å². The van der Waals surface area contributed by atoms with Crippen LogP contribution in [-0.2, 0) is 10.0 Å². The van der Waals surface area contributed by atoms with E-state index in [-0.39, 0.29) is 17.1 Å². The van der Waals surface area contributed by atoms with Crippen LogP contribution in [0, 0.1) is 10.1 Å². The number of hydrogen-bond acceptors (Lipinski definition) is 5. The lowest BCUT2D eigenvalue weighted by molar-refractivity contribution is -0.384. The fraction of sp³-hybridized carbons (Fsp3) is 0.294. The lowest BCUT2D eigenvalue weighted by atomic mass is 10.1. The molecule has 2 rings (SSSR count). The normalized spacial score (nSPS) is 12.8. The molecule has 2 aromatic carbocycles. The lowest BCUT2D eigenvalue weighted by Crippen LogP contribution is -2.33. The van der Waals surface area contributed by atoms with Crippen molar-refractivity contribution < 1.29 is 18.1 Å². The van der Waals surface area contributed by atoms with Gasteiger partial charge in [0, 0.05) is 24.7 Å². The molecule has 0 aromatic heterocycles. The Hall–Kier alpha value is -2.45. The molecule has 2 aromatic rings. The summed E-state index contributed by atoms with van der Waals surface area (Å²) in [5.41, 5.74) is 0.648. The van der Waals surface area contributed by atoms with Gasteiger partial charge in [-0.15, -0.1) is 0 Å². The van der Waals surface area contributed by atoms with Gasteiger partial charge in [0.15, 0.2) is 0 Å². The second-order valence-corrected chi connectivity index (χ2v) is 7.30. The maximum Gasteiger partial charge on any atom is 0.269 e. The van der Waals surface area contributed by atoms with Gasteiger partial charge in [-0.2, -0.15) is 4.31 Å². The summed E-state index contributed by atoms with van der Waals surface area (Å²) >= 11 is 0. The number of sulfonamides is 1. The summed E-state index contributed by atoms with van der Waals surface area (Å²) in [6.45, 7) is 3.80. The molecule has 0 aliphatic heterocycles. The number of non-ortho nitro benzene ring substituents is 1. The van der Waals surface area contributed by atoms with Crippen molar-refractivity contribution in [1.82, 2.24) is 4.31 Å². The van der Waals surface area contributed by atoms with Crippen molar-refractivity contribution in [2.45, 2.75) is 24.8 Å². The largest absolute Gasteiger partial charge is 0.497 e. The molecule has 1 atom stereocenters. The monoisotopic (exact) mass is 364 g/mol. The molecule has 8 heteroatoms. The molecule has 25 heavy (non-hydrogen) atoms.